The Balaban J connectivity index is 1.96. The van der Waals surface area contributed by atoms with E-state index in [0.717, 1.165) is 42.1 Å². The number of benzene rings is 2. The van der Waals surface area contributed by atoms with Crippen LogP contribution in [0.4, 0.5) is 17.1 Å². The lowest BCUT2D eigenvalue weighted by Gasteiger charge is -2.38. The van der Waals surface area contributed by atoms with Gasteiger partial charge in [0.1, 0.15) is 0 Å². The Labute approximate surface area is 184 Å². The van der Waals surface area contributed by atoms with Crippen LogP contribution in [-0.2, 0) is 14.3 Å². The highest BCUT2D eigenvalue weighted by atomic mass is 35.5. The van der Waals surface area contributed by atoms with Crippen LogP contribution in [0, 0.1) is 0 Å². The number of carbonyl (C=O) groups is 1. The summed E-state index contributed by atoms with van der Waals surface area (Å²) in [5, 5.41) is 4.26. The highest BCUT2D eigenvalue weighted by Gasteiger charge is 2.25. The Kier molecular flexibility index (Phi) is 7.62. The molecule has 3 rings (SSSR count). The molecule has 162 valence electrons. The van der Waals surface area contributed by atoms with E-state index in [1.54, 1.807) is 0 Å². The topological polar surface area (TPSA) is 50.8 Å². The van der Waals surface area contributed by atoms with Gasteiger partial charge in [0.15, 0.2) is 0 Å². The van der Waals surface area contributed by atoms with Gasteiger partial charge in [-0.1, -0.05) is 24.6 Å². The molecular formula is C24H31ClN2O3. The van der Waals surface area contributed by atoms with Crippen LogP contribution in [0.15, 0.2) is 42.5 Å². The van der Waals surface area contributed by atoms with Gasteiger partial charge in [0.2, 0.25) is 0 Å². The average Bonchev–Trinajstić information content (AvgIpc) is 2.72. The lowest BCUT2D eigenvalue weighted by molar-refractivity contribution is -0.141. The van der Waals surface area contributed by atoms with E-state index in [1.165, 1.54) is 7.11 Å². The number of esters is 1. The van der Waals surface area contributed by atoms with E-state index < -0.39 is 0 Å². The Morgan fingerprint density at radius 2 is 1.87 bits per heavy atom. The normalized spacial score (nSPS) is 20.0. The van der Waals surface area contributed by atoms with Crippen LogP contribution in [-0.4, -0.2) is 38.4 Å². The van der Waals surface area contributed by atoms with E-state index in [9.17, 15) is 4.79 Å². The predicted molar refractivity (Wildman–Crippen MR) is 123 cm³/mol. The molecule has 2 aromatic rings. The maximum Gasteiger partial charge on any atom is 0.306 e. The minimum Gasteiger partial charge on any atom is -0.469 e. The van der Waals surface area contributed by atoms with Crippen LogP contribution >= 0.6 is 11.6 Å². The van der Waals surface area contributed by atoms with Crippen molar-refractivity contribution in [2.45, 2.75) is 51.7 Å². The minimum atomic E-state index is -0.186. The number of ether oxygens (including phenoxy) is 2. The number of anilines is 3. The predicted octanol–water partition coefficient (Wildman–Crippen LogP) is 5.75. The highest BCUT2D eigenvalue weighted by molar-refractivity contribution is 6.30. The molecule has 0 spiro atoms. The standard InChI is InChI=1S/C24H31ClN2O3/c1-5-18(13-24(28)29-4)19-6-11-23(27-14-16(2)30-17(3)15-27)22(12-19)26-21-9-7-20(25)8-10-21/h6-12,16-18,26H,5,13-15H2,1-4H3/t16-,17+,18?. The monoisotopic (exact) mass is 430 g/mol. The number of nitrogens with zero attached hydrogens (tertiary/aromatic N) is 1. The summed E-state index contributed by atoms with van der Waals surface area (Å²) in [6, 6.07) is 14.1. The highest BCUT2D eigenvalue weighted by Crippen LogP contribution is 2.36. The van der Waals surface area contributed by atoms with Crippen molar-refractivity contribution in [1.82, 2.24) is 0 Å². The van der Waals surface area contributed by atoms with Gasteiger partial charge in [0, 0.05) is 23.8 Å². The molecule has 0 bridgehead atoms. The molecule has 1 aliphatic heterocycles. The summed E-state index contributed by atoms with van der Waals surface area (Å²) in [6.45, 7) is 7.97. The molecule has 0 saturated carbocycles. The van der Waals surface area contributed by atoms with Crippen molar-refractivity contribution in [2.75, 3.05) is 30.4 Å². The lowest BCUT2D eigenvalue weighted by Crippen LogP contribution is -2.45. The third-order valence-corrected chi connectivity index (χ3v) is 5.76. The first kappa shape index (κ1) is 22.4. The van der Waals surface area contributed by atoms with Gasteiger partial charge in [0.25, 0.3) is 0 Å². The molecular weight excluding hydrogens is 400 g/mol. The Morgan fingerprint density at radius 1 is 1.20 bits per heavy atom. The van der Waals surface area contributed by atoms with Crippen molar-refractivity contribution in [3.05, 3.63) is 53.1 Å². The second-order valence-electron chi connectivity index (χ2n) is 7.96. The van der Waals surface area contributed by atoms with Crippen LogP contribution in [0.3, 0.4) is 0 Å². The van der Waals surface area contributed by atoms with Crippen LogP contribution in [0.1, 0.15) is 45.1 Å². The SMILES string of the molecule is CCC(CC(=O)OC)c1ccc(N2C[C@@H](C)O[C@@H](C)C2)c(Nc2ccc(Cl)cc2)c1. The third kappa shape index (κ3) is 5.67. The molecule has 2 aromatic carbocycles. The smallest absolute Gasteiger partial charge is 0.306 e. The third-order valence-electron chi connectivity index (χ3n) is 5.51. The van der Waals surface area contributed by atoms with E-state index in [1.807, 2.05) is 24.3 Å². The second kappa shape index (κ2) is 10.2. The first-order chi connectivity index (χ1) is 14.4. The molecule has 5 nitrogen and oxygen atoms in total. The zero-order valence-electron chi connectivity index (χ0n) is 18.2. The lowest BCUT2D eigenvalue weighted by atomic mass is 9.92. The number of hydrogen-bond acceptors (Lipinski definition) is 5. The summed E-state index contributed by atoms with van der Waals surface area (Å²) in [5.41, 5.74) is 4.23. The van der Waals surface area contributed by atoms with Gasteiger partial charge in [-0.05, 0) is 68.1 Å². The van der Waals surface area contributed by atoms with Crippen LogP contribution in [0.5, 0.6) is 0 Å². The Bertz CT molecular complexity index is 846. The van der Waals surface area contributed by atoms with E-state index in [0.29, 0.717) is 11.4 Å². The van der Waals surface area contributed by atoms with Gasteiger partial charge in [-0.2, -0.15) is 0 Å². The number of methoxy groups -OCH3 is 1. The molecule has 0 aromatic heterocycles. The molecule has 1 heterocycles. The van der Waals surface area contributed by atoms with Gasteiger partial charge in [-0.15, -0.1) is 0 Å². The fraction of sp³-hybridized carbons (Fsp3) is 0.458. The quantitative estimate of drug-likeness (QED) is 0.566. The molecule has 1 fully saturated rings. The van der Waals surface area contributed by atoms with Crippen LogP contribution in [0.2, 0.25) is 5.02 Å². The van der Waals surface area contributed by atoms with Gasteiger partial charge in [-0.25, -0.2) is 0 Å². The zero-order valence-corrected chi connectivity index (χ0v) is 18.9. The van der Waals surface area contributed by atoms with Crippen LogP contribution in [0.25, 0.3) is 0 Å². The van der Waals surface area contributed by atoms with E-state index in [4.69, 9.17) is 21.1 Å². The zero-order chi connectivity index (χ0) is 21.7. The summed E-state index contributed by atoms with van der Waals surface area (Å²) >= 11 is 6.05. The molecule has 1 aliphatic rings. The molecule has 3 atom stereocenters. The fourth-order valence-corrected chi connectivity index (χ4v) is 4.16. The van der Waals surface area contributed by atoms with Crippen molar-refractivity contribution in [3.8, 4) is 0 Å². The number of rotatable bonds is 7. The number of nitrogens with one attached hydrogen (secondary N) is 1. The molecule has 0 amide bonds. The van der Waals surface area contributed by atoms with Crippen molar-refractivity contribution < 1.29 is 14.3 Å². The van der Waals surface area contributed by atoms with Gasteiger partial charge >= 0.3 is 5.97 Å². The molecule has 1 unspecified atom stereocenters. The molecule has 0 radical (unpaired) electrons. The molecule has 1 N–H and O–H groups in total. The summed E-state index contributed by atoms with van der Waals surface area (Å²) in [4.78, 5) is 14.2. The number of morpholine rings is 1. The number of carbonyl (C=O) groups excluding carboxylic acids is 1. The molecule has 1 saturated heterocycles. The van der Waals surface area contributed by atoms with Crippen LogP contribution < -0.4 is 10.2 Å². The van der Waals surface area contributed by atoms with E-state index in [-0.39, 0.29) is 24.1 Å². The number of halogens is 1. The first-order valence-corrected chi connectivity index (χ1v) is 10.9. The van der Waals surface area contributed by atoms with E-state index >= 15 is 0 Å². The molecule has 0 aliphatic carbocycles. The summed E-state index contributed by atoms with van der Waals surface area (Å²) in [7, 11) is 1.44. The van der Waals surface area contributed by atoms with Crippen molar-refractivity contribution in [1.29, 1.82) is 0 Å². The maximum atomic E-state index is 11.9. The number of hydrogen-bond donors (Lipinski definition) is 1. The maximum absolute atomic E-state index is 11.9. The van der Waals surface area contributed by atoms with Crippen molar-refractivity contribution in [2.24, 2.45) is 0 Å². The van der Waals surface area contributed by atoms with Gasteiger partial charge < -0.3 is 19.7 Å². The van der Waals surface area contributed by atoms with Crippen molar-refractivity contribution >= 4 is 34.6 Å². The summed E-state index contributed by atoms with van der Waals surface area (Å²) < 4.78 is 10.8. The fourth-order valence-electron chi connectivity index (χ4n) is 4.03. The summed E-state index contributed by atoms with van der Waals surface area (Å²) in [5.74, 6) is -0.0752. The largest absolute Gasteiger partial charge is 0.469 e. The van der Waals surface area contributed by atoms with Gasteiger partial charge in [-0.3, -0.25) is 4.79 Å². The summed E-state index contributed by atoms with van der Waals surface area (Å²) in [6.07, 6.45) is 1.57. The first-order valence-electron chi connectivity index (χ1n) is 10.5. The molecule has 30 heavy (non-hydrogen) atoms. The Hall–Kier alpha value is -2.24. The molecule has 6 heteroatoms. The average molecular weight is 431 g/mol. The second-order valence-corrected chi connectivity index (χ2v) is 8.39. The van der Waals surface area contributed by atoms with Crippen molar-refractivity contribution in [3.63, 3.8) is 0 Å². The minimum absolute atomic E-state index is 0.111. The van der Waals surface area contributed by atoms with Gasteiger partial charge in [0.05, 0.1) is 37.1 Å². The van der Waals surface area contributed by atoms with E-state index in [2.05, 4.69) is 49.2 Å². The Morgan fingerprint density at radius 3 is 2.47 bits per heavy atom.